The van der Waals surface area contributed by atoms with Crippen LogP contribution in [0.1, 0.15) is 35.7 Å². The second-order valence-corrected chi connectivity index (χ2v) is 4.64. The fraction of sp³-hybridized carbons (Fsp3) is 0.417. The molecule has 0 unspecified atom stereocenters. The van der Waals surface area contributed by atoms with Crippen LogP contribution in [0, 0.1) is 5.92 Å². The minimum absolute atomic E-state index is 0.0117. The Kier molecular flexibility index (Phi) is 3.84. The maximum absolute atomic E-state index is 11.1. The lowest BCUT2D eigenvalue weighted by molar-refractivity contribution is 0.0689. The van der Waals surface area contributed by atoms with Crippen molar-refractivity contribution in [2.45, 2.75) is 26.8 Å². The average molecular weight is 261 g/mol. The first kappa shape index (κ1) is 13.1. The molecule has 2 aromatic rings. The summed E-state index contributed by atoms with van der Waals surface area (Å²) in [5.41, 5.74) is 1.35. The summed E-state index contributed by atoms with van der Waals surface area (Å²) in [7, 11) is 0. The molecule has 0 radical (unpaired) electrons. The van der Waals surface area contributed by atoms with Crippen LogP contribution >= 0.6 is 0 Å². The predicted octanol–water partition coefficient (Wildman–Crippen LogP) is 1.01. The van der Waals surface area contributed by atoms with Crippen LogP contribution < -0.4 is 0 Å². The van der Waals surface area contributed by atoms with Gasteiger partial charge in [-0.1, -0.05) is 19.1 Å². The number of hydrogen-bond donors (Lipinski definition) is 1. The Bertz CT molecular complexity index is 565. The average Bonchev–Trinajstić information content (AvgIpc) is 2.73. The van der Waals surface area contributed by atoms with Crippen molar-refractivity contribution in [2.24, 2.45) is 5.92 Å². The van der Waals surface area contributed by atoms with Gasteiger partial charge in [0.05, 0.1) is 24.1 Å². The van der Waals surface area contributed by atoms with E-state index in [4.69, 9.17) is 5.11 Å². The van der Waals surface area contributed by atoms with E-state index < -0.39 is 5.97 Å². The van der Waals surface area contributed by atoms with Gasteiger partial charge in [0.25, 0.3) is 0 Å². The zero-order valence-electron chi connectivity index (χ0n) is 10.8. The third-order valence-electron chi connectivity index (χ3n) is 2.57. The summed E-state index contributed by atoms with van der Waals surface area (Å²) in [6.07, 6.45) is 5.41. The summed E-state index contributed by atoms with van der Waals surface area (Å²) >= 11 is 0. The number of aromatic carboxylic acids is 1. The highest BCUT2D eigenvalue weighted by Gasteiger charge is 2.20. The fourth-order valence-corrected chi connectivity index (χ4v) is 1.78. The lowest BCUT2D eigenvalue weighted by Crippen LogP contribution is -2.12. The molecule has 0 fully saturated rings. The summed E-state index contributed by atoms with van der Waals surface area (Å²) < 4.78 is 1.58. The molecule has 0 amide bonds. The monoisotopic (exact) mass is 261 g/mol. The van der Waals surface area contributed by atoms with Crippen LogP contribution in [-0.2, 0) is 13.0 Å². The molecule has 100 valence electrons. The van der Waals surface area contributed by atoms with Crippen molar-refractivity contribution in [3.05, 3.63) is 35.7 Å². The van der Waals surface area contributed by atoms with E-state index in [-0.39, 0.29) is 5.69 Å². The number of nitrogens with zero attached hydrogens (tertiary/aromatic N) is 5. The lowest BCUT2D eigenvalue weighted by atomic mass is 10.1. The predicted molar refractivity (Wildman–Crippen MR) is 66.7 cm³/mol. The molecular weight excluding hydrogens is 246 g/mol. The minimum Gasteiger partial charge on any atom is -0.476 e. The van der Waals surface area contributed by atoms with E-state index in [1.54, 1.807) is 23.3 Å². The Morgan fingerprint density at radius 2 is 2.21 bits per heavy atom. The second-order valence-electron chi connectivity index (χ2n) is 4.64. The normalized spacial score (nSPS) is 10.9. The Labute approximate surface area is 110 Å². The number of carboxylic acids is 1. The van der Waals surface area contributed by atoms with Gasteiger partial charge in [-0.2, -0.15) is 0 Å². The summed E-state index contributed by atoms with van der Waals surface area (Å²) in [6.45, 7) is 4.41. The molecule has 0 saturated heterocycles. The summed E-state index contributed by atoms with van der Waals surface area (Å²) in [5, 5.41) is 16.7. The van der Waals surface area contributed by atoms with Crippen molar-refractivity contribution in [1.29, 1.82) is 0 Å². The lowest BCUT2D eigenvalue weighted by Gasteiger charge is -2.08. The van der Waals surface area contributed by atoms with Crippen LogP contribution in [0.3, 0.4) is 0 Å². The molecule has 7 heteroatoms. The second kappa shape index (κ2) is 5.55. The Morgan fingerprint density at radius 1 is 1.42 bits per heavy atom. The molecule has 2 aromatic heterocycles. The quantitative estimate of drug-likeness (QED) is 0.863. The molecule has 7 nitrogen and oxygen atoms in total. The zero-order chi connectivity index (χ0) is 13.8. The van der Waals surface area contributed by atoms with E-state index in [0.717, 1.165) is 0 Å². The van der Waals surface area contributed by atoms with Gasteiger partial charge < -0.3 is 5.11 Å². The Hall–Kier alpha value is -2.31. The molecule has 2 heterocycles. The first-order valence-electron chi connectivity index (χ1n) is 5.98. The highest BCUT2D eigenvalue weighted by Crippen LogP contribution is 2.13. The highest BCUT2D eigenvalue weighted by molar-refractivity contribution is 5.86. The Morgan fingerprint density at radius 3 is 2.79 bits per heavy atom. The molecular formula is C12H15N5O2. The van der Waals surface area contributed by atoms with Gasteiger partial charge in [0.15, 0.2) is 5.69 Å². The topological polar surface area (TPSA) is 93.8 Å². The highest BCUT2D eigenvalue weighted by atomic mass is 16.4. The molecule has 2 rings (SSSR count). The van der Waals surface area contributed by atoms with Crippen LogP contribution in [0.5, 0.6) is 0 Å². The first-order chi connectivity index (χ1) is 9.08. The molecule has 0 aromatic carbocycles. The number of rotatable bonds is 5. The van der Waals surface area contributed by atoms with Gasteiger partial charge in [0.1, 0.15) is 0 Å². The summed E-state index contributed by atoms with van der Waals surface area (Å²) in [5.74, 6) is -0.738. The molecule has 0 saturated carbocycles. The molecule has 0 aliphatic carbocycles. The zero-order valence-corrected chi connectivity index (χ0v) is 10.8. The van der Waals surface area contributed by atoms with Gasteiger partial charge >= 0.3 is 5.97 Å². The third kappa shape index (κ3) is 3.12. The largest absolute Gasteiger partial charge is 0.476 e. The summed E-state index contributed by atoms with van der Waals surface area (Å²) in [4.78, 5) is 19.2. The van der Waals surface area contributed by atoms with Crippen molar-refractivity contribution in [3.8, 4) is 0 Å². The van der Waals surface area contributed by atoms with Crippen LogP contribution in [0.4, 0.5) is 0 Å². The number of hydrogen-bond acceptors (Lipinski definition) is 5. The maximum atomic E-state index is 11.1. The molecule has 0 spiro atoms. The number of aromatic nitrogens is 5. The van der Waals surface area contributed by atoms with E-state index in [1.807, 2.05) is 13.8 Å². The van der Waals surface area contributed by atoms with E-state index in [1.165, 1.54) is 0 Å². The minimum atomic E-state index is -1.05. The standard InChI is InChI=1S/C12H15N5O2/c1-8(2)5-10-11(12(18)19)15-16-17(10)7-9-6-13-3-4-14-9/h3-4,6,8H,5,7H2,1-2H3,(H,18,19). The van der Waals surface area contributed by atoms with Crippen molar-refractivity contribution >= 4 is 5.97 Å². The Balaban J connectivity index is 2.32. The molecule has 0 aliphatic heterocycles. The SMILES string of the molecule is CC(C)Cc1c(C(=O)O)nnn1Cc1cnccn1. The van der Waals surface area contributed by atoms with E-state index in [2.05, 4.69) is 20.3 Å². The number of carboxylic acid groups (broad SMARTS) is 1. The van der Waals surface area contributed by atoms with Gasteiger partial charge in [-0.15, -0.1) is 5.10 Å². The fourth-order valence-electron chi connectivity index (χ4n) is 1.78. The van der Waals surface area contributed by atoms with Gasteiger partial charge in [-0.05, 0) is 12.3 Å². The van der Waals surface area contributed by atoms with Crippen LogP contribution in [0.25, 0.3) is 0 Å². The van der Waals surface area contributed by atoms with Gasteiger partial charge in [-0.3, -0.25) is 9.97 Å². The molecule has 19 heavy (non-hydrogen) atoms. The molecule has 0 bridgehead atoms. The van der Waals surface area contributed by atoms with Crippen LogP contribution in [0.15, 0.2) is 18.6 Å². The van der Waals surface area contributed by atoms with Crippen molar-refractivity contribution < 1.29 is 9.90 Å². The van der Waals surface area contributed by atoms with E-state index in [0.29, 0.717) is 30.3 Å². The summed E-state index contributed by atoms with van der Waals surface area (Å²) in [6, 6.07) is 0. The van der Waals surface area contributed by atoms with E-state index >= 15 is 0 Å². The van der Waals surface area contributed by atoms with Crippen molar-refractivity contribution in [2.75, 3.05) is 0 Å². The van der Waals surface area contributed by atoms with Gasteiger partial charge in [-0.25, -0.2) is 9.48 Å². The van der Waals surface area contributed by atoms with E-state index in [9.17, 15) is 4.79 Å². The third-order valence-corrected chi connectivity index (χ3v) is 2.57. The first-order valence-corrected chi connectivity index (χ1v) is 5.98. The molecule has 0 atom stereocenters. The maximum Gasteiger partial charge on any atom is 0.358 e. The van der Waals surface area contributed by atoms with Gasteiger partial charge in [0, 0.05) is 12.4 Å². The number of carbonyl (C=O) groups is 1. The molecule has 1 N–H and O–H groups in total. The van der Waals surface area contributed by atoms with Gasteiger partial charge in [0.2, 0.25) is 0 Å². The smallest absolute Gasteiger partial charge is 0.358 e. The van der Waals surface area contributed by atoms with Crippen LogP contribution in [0.2, 0.25) is 0 Å². The van der Waals surface area contributed by atoms with Crippen molar-refractivity contribution in [3.63, 3.8) is 0 Å². The molecule has 0 aliphatic rings. The van der Waals surface area contributed by atoms with Crippen molar-refractivity contribution in [1.82, 2.24) is 25.0 Å². The van der Waals surface area contributed by atoms with Crippen LogP contribution in [-0.4, -0.2) is 36.0 Å².